The molecule has 0 fully saturated rings. The predicted molar refractivity (Wildman–Crippen MR) is 144 cm³/mol. The summed E-state index contributed by atoms with van der Waals surface area (Å²) in [5.41, 5.74) is 4.56. The number of phenolic OH excluding ortho intramolecular Hbond substituents is 1. The van der Waals surface area contributed by atoms with Gasteiger partial charge in [-0.15, -0.1) is 6.58 Å². The minimum atomic E-state index is 0.249. The number of phenols is 1. The van der Waals surface area contributed by atoms with E-state index in [1.54, 1.807) is 12.3 Å². The van der Waals surface area contributed by atoms with Crippen molar-refractivity contribution in [2.24, 2.45) is 4.99 Å². The Morgan fingerprint density at radius 1 is 0.794 bits per heavy atom. The van der Waals surface area contributed by atoms with Crippen LogP contribution in [0.4, 0.5) is 11.4 Å². The maximum Gasteiger partial charge on any atom is 0.127 e. The number of nitrogens with one attached hydrogen (secondary N) is 1. The summed E-state index contributed by atoms with van der Waals surface area (Å²) in [6, 6.07) is 33.0. The number of anilines is 1. The molecule has 0 amide bonds. The van der Waals surface area contributed by atoms with Crippen LogP contribution in [0.25, 0.3) is 21.5 Å². The van der Waals surface area contributed by atoms with Gasteiger partial charge in [0.05, 0.1) is 11.4 Å². The van der Waals surface area contributed by atoms with E-state index in [2.05, 4.69) is 66.5 Å². The van der Waals surface area contributed by atoms with E-state index in [1.165, 1.54) is 27.1 Å². The van der Waals surface area contributed by atoms with Crippen molar-refractivity contribution >= 4 is 39.1 Å². The highest BCUT2D eigenvalue weighted by molar-refractivity contribution is 6.02. The Balaban J connectivity index is 1.47. The fraction of sp³-hybridized carbons (Fsp3) is 0.0645. The molecule has 0 aromatic heterocycles. The van der Waals surface area contributed by atoms with E-state index in [4.69, 9.17) is 4.99 Å². The summed E-state index contributed by atoms with van der Waals surface area (Å²) in [7, 11) is 0. The lowest BCUT2D eigenvalue weighted by atomic mass is 9.96. The maximum absolute atomic E-state index is 10.6. The Hall–Kier alpha value is -4.37. The lowest BCUT2D eigenvalue weighted by Gasteiger charge is -2.14. The minimum absolute atomic E-state index is 0.249. The number of benzene rings is 5. The molecule has 0 aliphatic carbocycles. The van der Waals surface area contributed by atoms with Gasteiger partial charge in [0.25, 0.3) is 0 Å². The summed E-state index contributed by atoms with van der Waals surface area (Å²) in [4.78, 5) is 4.70. The van der Waals surface area contributed by atoms with E-state index in [9.17, 15) is 5.11 Å². The summed E-state index contributed by atoms with van der Waals surface area (Å²) in [6.45, 7) is 4.44. The first kappa shape index (κ1) is 21.5. The van der Waals surface area contributed by atoms with Crippen molar-refractivity contribution in [1.82, 2.24) is 0 Å². The second-order valence-corrected chi connectivity index (χ2v) is 8.27. The van der Waals surface area contributed by atoms with E-state index in [0.29, 0.717) is 18.5 Å². The Labute approximate surface area is 199 Å². The van der Waals surface area contributed by atoms with Crippen molar-refractivity contribution in [3.05, 3.63) is 126 Å². The van der Waals surface area contributed by atoms with Gasteiger partial charge in [-0.05, 0) is 63.4 Å². The Morgan fingerprint density at radius 3 is 2.21 bits per heavy atom. The van der Waals surface area contributed by atoms with Crippen LogP contribution in [0.3, 0.4) is 0 Å². The normalized spacial score (nSPS) is 11.3. The average Bonchev–Trinajstić information content (AvgIpc) is 2.87. The third-order valence-corrected chi connectivity index (χ3v) is 6.10. The molecule has 34 heavy (non-hydrogen) atoms. The zero-order chi connectivity index (χ0) is 23.3. The van der Waals surface area contributed by atoms with Crippen molar-refractivity contribution in [3.63, 3.8) is 0 Å². The first-order chi connectivity index (χ1) is 16.7. The number of para-hydroxylation sites is 3. The van der Waals surface area contributed by atoms with Gasteiger partial charge in [0.1, 0.15) is 5.75 Å². The fourth-order valence-electron chi connectivity index (χ4n) is 4.39. The van der Waals surface area contributed by atoms with E-state index in [0.717, 1.165) is 16.9 Å². The zero-order valence-electron chi connectivity index (χ0n) is 18.9. The van der Waals surface area contributed by atoms with Crippen LogP contribution in [-0.4, -0.2) is 11.3 Å². The second kappa shape index (κ2) is 9.63. The summed E-state index contributed by atoms with van der Waals surface area (Å²) < 4.78 is 0. The number of aromatic hydroxyl groups is 1. The lowest BCUT2D eigenvalue weighted by molar-refractivity contribution is 0.469. The van der Waals surface area contributed by atoms with Crippen LogP contribution in [0.5, 0.6) is 5.75 Å². The number of rotatable bonds is 7. The lowest BCUT2D eigenvalue weighted by Crippen LogP contribution is -2.01. The van der Waals surface area contributed by atoms with Gasteiger partial charge in [-0.3, -0.25) is 4.99 Å². The van der Waals surface area contributed by atoms with Crippen LogP contribution in [0, 0.1) is 0 Å². The maximum atomic E-state index is 10.6. The van der Waals surface area contributed by atoms with Gasteiger partial charge >= 0.3 is 0 Å². The third kappa shape index (κ3) is 4.28. The molecule has 2 N–H and O–H groups in total. The van der Waals surface area contributed by atoms with E-state index >= 15 is 0 Å². The number of allylic oxidation sites excluding steroid dienone is 1. The van der Waals surface area contributed by atoms with Crippen LogP contribution in [-0.2, 0) is 13.0 Å². The second-order valence-electron chi connectivity index (χ2n) is 8.27. The highest BCUT2D eigenvalue weighted by atomic mass is 16.3. The molecule has 5 aromatic rings. The molecule has 0 aliphatic heterocycles. The summed E-state index contributed by atoms with van der Waals surface area (Å²) in [6.07, 6.45) is 4.12. The third-order valence-electron chi connectivity index (χ3n) is 6.10. The number of aliphatic imine (C=N–C) groups is 1. The summed E-state index contributed by atoms with van der Waals surface area (Å²) in [5, 5.41) is 19.1. The van der Waals surface area contributed by atoms with Gasteiger partial charge in [0, 0.05) is 18.3 Å². The Morgan fingerprint density at radius 2 is 1.47 bits per heavy atom. The number of fused-ring (bicyclic) bond motifs is 2. The molecule has 5 aromatic carbocycles. The molecule has 0 radical (unpaired) electrons. The highest BCUT2D eigenvalue weighted by Crippen LogP contribution is 2.31. The molecular formula is C31H26N2O. The van der Waals surface area contributed by atoms with E-state index in [-0.39, 0.29) is 5.75 Å². The molecule has 0 aliphatic rings. The number of nitrogens with zero attached hydrogens (tertiary/aromatic N) is 1. The van der Waals surface area contributed by atoms with Crippen molar-refractivity contribution in [3.8, 4) is 5.75 Å². The average molecular weight is 443 g/mol. The van der Waals surface area contributed by atoms with Gasteiger partial charge in [0.15, 0.2) is 0 Å². The van der Waals surface area contributed by atoms with Gasteiger partial charge in [-0.2, -0.15) is 0 Å². The molecule has 0 bridgehead atoms. The highest BCUT2D eigenvalue weighted by Gasteiger charge is 2.09. The minimum Gasteiger partial charge on any atom is -0.507 e. The van der Waals surface area contributed by atoms with Gasteiger partial charge < -0.3 is 10.4 Å². The molecule has 0 heterocycles. The fourth-order valence-corrected chi connectivity index (χ4v) is 4.39. The van der Waals surface area contributed by atoms with Crippen LogP contribution >= 0.6 is 0 Å². The zero-order valence-corrected chi connectivity index (χ0v) is 18.9. The predicted octanol–water partition coefficient (Wildman–Crippen LogP) is 7.79. The topological polar surface area (TPSA) is 44.6 Å². The van der Waals surface area contributed by atoms with Gasteiger partial charge in [0.2, 0.25) is 0 Å². The SMILES string of the molecule is C=CCc1cccc(C=Nc2ccccc2NCc2c3ccccc3cc3ccccc23)c1O. The van der Waals surface area contributed by atoms with Crippen molar-refractivity contribution in [1.29, 1.82) is 0 Å². The first-order valence-corrected chi connectivity index (χ1v) is 11.4. The van der Waals surface area contributed by atoms with Gasteiger partial charge in [-0.1, -0.05) is 78.9 Å². The van der Waals surface area contributed by atoms with E-state index < -0.39 is 0 Å². The Kier molecular flexibility index (Phi) is 6.09. The van der Waals surface area contributed by atoms with Crippen LogP contribution in [0.1, 0.15) is 16.7 Å². The largest absolute Gasteiger partial charge is 0.507 e. The molecule has 3 heteroatoms. The smallest absolute Gasteiger partial charge is 0.127 e. The molecule has 0 unspecified atom stereocenters. The Bertz CT molecular complexity index is 1460. The quantitative estimate of drug-likeness (QED) is 0.153. The molecule has 3 nitrogen and oxygen atoms in total. The molecule has 0 spiro atoms. The number of hydrogen-bond donors (Lipinski definition) is 2. The molecule has 5 rings (SSSR count). The van der Waals surface area contributed by atoms with Crippen molar-refractivity contribution in [2.45, 2.75) is 13.0 Å². The molecule has 0 saturated heterocycles. The molecular weight excluding hydrogens is 416 g/mol. The van der Waals surface area contributed by atoms with Crippen molar-refractivity contribution in [2.75, 3.05) is 5.32 Å². The number of hydrogen-bond acceptors (Lipinski definition) is 3. The van der Waals surface area contributed by atoms with Gasteiger partial charge in [-0.25, -0.2) is 0 Å². The van der Waals surface area contributed by atoms with Crippen LogP contribution in [0.2, 0.25) is 0 Å². The summed E-state index contributed by atoms with van der Waals surface area (Å²) in [5.74, 6) is 0.249. The van der Waals surface area contributed by atoms with Crippen LogP contribution in [0.15, 0.2) is 115 Å². The van der Waals surface area contributed by atoms with E-state index in [1.807, 2.05) is 42.5 Å². The van der Waals surface area contributed by atoms with Crippen molar-refractivity contribution < 1.29 is 5.11 Å². The standard InChI is InChI=1S/C31H26N2O/c1-2-10-22-13-9-14-25(31(22)34)20-32-29-17-7-8-18-30(29)33-21-28-26-15-5-3-11-23(26)19-24-12-4-6-16-27(24)28/h2-9,11-20,33-34H,1,10,21H2. The molecule has 0 saturated carbocycles. The first-order valence-electron chi connectivity index (χ1n) is 11.4. The summed E-state index contributed by atoms with van der Waals surface area (Å²) >= 11 is 0. The van der Waals surface area contributed by atoms with Crippen LogP contribution < -0.4 is 5.32 Å². The monoisotopic (exact) mass is 442 g/mol. The molecule has 0 atom stereocenters. The molecule has 166 valence electrons.